The van der Waals surface area contributed by atoms with E-state index >= 15 is 0 Å². The minimum Gasteiger partial charge on any atom is -0.454 e. The predicted molar refractivity (Wildman–Crippen MR) is 86.4 cm³/mol. The van der Waals surface area contributed by atoms with Crippen molar-refractivity contribution in [2.24, 2.45) is 11.1 Å². The largest absolute Gasteiger partial charge is 0.454 e. The molecular formula is C18H11FN2O5. The Bertz CT molecular complexity index is 972. The van der Waals surface area contributed by atoms with Crippen LogP contribution in [0.5, 0.6) is 11.5 Å². The van der Waals surface area contributed by atoms with Crippen LogP contribution in [0.25, 0.3) is 0 Å². The molecule has 5 rings (SSSR count). The number of carbonyl (C=O) groups excluding carboxylic acids is 2. The zero-order valence-corrected chi connectivity index (χ0v) is 13.2. The average molecular weight is 354 g/mol. The molecule has 26 heavy (non-hydrogen) atoms. The summed E-state index contributed by atoms with van der Waals surface area (Å²) in [5.41, 5.74) is 1.23. The van der Waals surface area contributed by atoms with Gasteiger partial charge in [0.25, 0.3) is 5.91 Å². The quantitative estimate of drug-likeness (QED) is 0.769. The molecule has 0 N–H and O–H groups in total. The van der Waals surface area contributed by atoms with Crippen molar-refractivity contribution < 1.29 is 28.3 Å². The van der Waals surface area contributed by atoms with E-state index in [1.807, 2.05) is 0 Å². The van der Waals surface area contributed by atoms with Crippen molar-refractivity contribution in [1.29, 1.82) is 0 Å². The monoisotopic (exact) mass is 354 g/mol. The second kappa shape index (κ2) is 5.29. The van der Waals surface area contributed by atoms with Gasteiger partial charge in [-0.25, -0.2) is 9.29 Å². The first-order chi connectivity index (χ1) is 12.6. The average Bonchev–Trinajstić information content (AvgIpc) is 3.33. The smallest absolute Gasteiger partial charge is 0.278 e. The summed E-state index contributed by atoms with van der Waals surface area (Å²) in [4.78, 5) is 31.9. The van der Waals surface area contributed by atoms with Crippen LogP contribution in [0.1, 0.15) is 5.56 Å². The van der Waals surface area contributed by atoms with Gasteiger partial charge in [-0.2, -0.15) is 0 Å². The van der Waals surface area contributed by atoms with E-state index in [0.29, 0.717) is 28.5 Å². The summed E-state index contributed by atoms with van der Waals surface area (Å²) in [6.45, 7) is 0.0937. The van der Waals surface area contributed by atoms with Crippen molar-refractivity contribution in [2.75, 3.05) is 11.7 Å². The first kappa shape index (κ1) is 14.9. The molecule has 0 saturated carbocycles. The molecule has 0 bridgehead atoms. The molecule has 2 aromatic rings. The lowest BCUT2D eigenvalue weighted by Crippen LogP contribution is -2.33. The zero-order valence-electron chi connectivity index (χ0n) is 13.2. The van der Waals surface area contributed by atoms with Crippen molar-refractivity contribution in [3.8, 4) is 11.5 Å². The van der Waals surface area contributed by atoms with Gasteiger partial charge in [0.05, 0.1) is 5.69 Å². The van der Waals surface area contributed by atoms with Gasteiger partial charge in [0.1, 0.15) is 17.4 Å². The van der Waals surface area contributed by atoms with Crippen molar-refractivity contribution >= 4 is 23.2 Å². The highest BCUT2D eigenvalue weighted by Crippen LogP contribution is 2.40. The topological polar surface area (TPSA) is 77.4 Å². The maximum Gasteiger partial charge on any atom is 0.278 e. The highest BCUT2D eigenvalue weighted by Gasteiger charge is 2.56. The van der Waals surface area contributed by atoms with Crippen LogP contribution in [0, 0.1) is 11.7 Å². The van der Waals surface area contributed by atoms with Crippen molar-refractivity contribution in [3.05, 3.63) is 53.8 Å². The summed E-state index contributed by atoms with van der Waals surface area (Å²) in [5.74, 6) is -1.19. The Labute approximate surface area is 146 Å². The van der Waals surface area contributed by atoms with Crippen LogP contribution in [-0.2, 0) is 14.4 Å². The second-order valence-corrected chi connectivity index (χ2v) is 6.04. The fraction of sp³-hybridized carbons (Fsp3) is 0.167. The number of ether oxygens (including phenoxy) is 2. The Morgan fingerprint density at radius 1 is 1.00 bits per heavy atom. The molecule has 3 aliphatic rings. The van der Waals surface area contributed by atoms with Crippen LogP contribution >= 0.6 is 0 Å². The summed E-state index contributed by atoms with van der Waals surface area (Å²) in [6.07, 6.45) is -1.02. The van der Waals surface area contributed by atoms with Gasteiger partial charge < -0.3 is 14.3 Å². The Morgan fingerprint density at radius 2 is 1.77 bits per heavy atom. The Kier molecular flexibility index (Phi) is 3.03. The van der Waals surface area contributed by atoms with Crippen LogP contribution in [0.4, 0.5) is 10.1 Å². The van der Waals surface area contributed by atoms with E-state index < -0.39 is 29.7 Å². The molecule has 0 spiro atoms. The normalized spacial score (nSPS) is 23.1. The van der Waals surface area contributed by atoms with Gasteiger partial charge in [-0.05, 0) is 24.3 Å². The second-order valence-electron chi connectivity index (χ2n) is 6.04. The fourth-order valence-electron chi connectivity index (χ4n) is 3.32. The third kappa shape index (κ3) is 2.01. The first-order valence-electron chi connectivity index (χ1n) is 7.90. The summed E-state index contributed by atoms with van der Waals surface area (Å²) < 4.78 is 23.7. The van der Waals surface area contributed by atoms with Crippen LogP contribution in [0.2, 0.25) is 0 Å². The number of amides is 2. The van der Waals surface area contributed by atoms with Gasteiger partial charge in [-0.1, -0.05) is 17.3 Å². The van der Waals surface area contributed by atoms with Crippen LogP contribution in [0.3, 0.4) is 0 Å². The number of nitrogens with zero attached hydrogens (tertiary/aromatic N) is 2. The van der Waals surface area contributed by atoms with E-state index in [4.69, 9.17) is 14.3 Å². The lowest BCUT2D eigenvalue weighted by Gasteiger charge is -2.15. The van der Waals surface area contributed by atoms with E-state index in [1.54, 1.807) is 18.2 Å². The number of halogens is 1. The first-order valence-corrected chi connectivity index (χ1v) is 7.90. The highest BCUT2D eigenvalue weighted by molar-refractivity contribution is 6.32. The zero-order chi connectivity index (χ0) is 17.8. The molecule has 1 saturated heterocycles. The summed E-state index contributed by atoms with van der Waals surface area (Å²) >= 11 is 0. The predicted octanol–water partition coefficient (Wildman–Crippen LogP) is 1.85. The molecule has 7 nitrogen and oxygen atoms in total. The minimum atomic E-state index is -1.02. The van der Waals surface area contributed by atoms with E-state index in [2.05, 4.69) is 5.16 Å². The number of oxime groups is 1. The number of anilines is 1. The third-order valence-corrected chi connectivity index (χ3v) is 4.57. The number of carbonyl (C=O) groups is 2. The van der Waals surface area contributed by atoms with Gasteiger partial charge in [0.15, 0.2) is 11.5 Å². The molecule has 2 amide bonds. The lowest BCUT2D eigenvalue weighted by atomic mass is 9.94. The lowest BCUT2D eigenvalue weighted by molar-refractivity contribution is -0.126. The van der Waals surface area contributed by atoms with Gasteiger partial charge in [-0.15, -0.1) is 0 Å². The molecule has 2 atom stereocenters. The minimum absolute atomic E-state index is 0.0937. The van der Waals surface area contributed by atoms with Crippen LogP contribution in [0.15, 0.2) is 47.6 Å². The molecule has 0 aromatic heterocycles. The van der Waals surface area contributed by atoms with Gasteiger partial charge >= 0.3 is 0 Å². The van der Waals surface area contributed by atoms with Crippen LogP contribution in [-0.4, -0.2) is 30.4 Å². The number of imide groups is 1. The van der Waals surface area contributed by atoms with Gasteiger partial charge in [-0.3, -0.25) is 9.59 Å². The SMILES string of the molecule is O=C1[C@@H]2C(c3ccc(F)cc3)=NO[C@H]2C(=O)N1c1ccc2c(c1)OCO2. The molecule has 130 valence electrons. The molecule has 3 aliphatic heterocycles. The van der Waals surface area contributed by atoms with Gasteiger partial charge in [0.2, 0.25) is 18.8 Å². The van der Waals surface area contributed by atoms with Crippen molar-refractivity contribution in [2.45, 2.75) is 6.10 Å². The molecular weight excluding hydrogens is 343 g/mol. The van der Waals surface area contributed by atoms with E-state index in [0.717, 1.165) is 4.90 Å². The third-order valence-electron chi connectivity index (χ3n) is 4.57. The number of hydrogen-bond acceptors (Lipinski definition) is 6. The number of fused-ring (bicyclic) bond motifs is 2. The molecule has 1 fully saturated rings. The van der Waals surface area contributed by atoms with E-state index in [9.17, 15) is 14.0 Å². The number of benzene rings is 2. The molecule has 3 heterocycles. The summed E-state index contributed by atoms with van der Waals surface area (Å²) in [7, 11) is 0. The number of rotatable bonds is 2. The van der Waals surface area contributed by atoms with E-state index in [-0.39, 0.29) is 6.79 Å². The molecule has 8 heteroatoms. The maximum atomic E-state index is 13.2. The molecule has 0 aliphatic carbocycles. The van der Waals surface area contributed by atoms with Crippen molar-refractivity contribution in [3.63, 3.8) is 0 Å². The van der Waals surface area contributed by atoms with E-state index in [1.165, 1.54) is 24.3 Å². The van der Waals surface area contributed by atoms with Crippen molar-refractivity contribution in [1.82, 2.24) is 0 Å². The van der Waals surface area contributed by atoms with Gasteiger partial charge in [0, 0.05) is 11.6 Å². The Hall–Kier alpha value is -3.42. The Balaban J connectivity index is 1.50. The van der Waals surface area contributed by atoms with Crippen LogP contribution < -0.4 is 14.4 Å². The standard InChI is InChI=1S/C18H11FN2O5/c19-10-3-1-9(2-4-10)15-14-16(26-20-15)18(23)21(17(14)22)11-5-6-12-13(7-11)25-8-24-12/h1-7,14,16H,8H2/t14-,16-/m1/s1. The molecule has 0 unspecified atom stereocenters. The summed E-state index contributed by atoms with van der Waals surface area (Å²) in [5, 5.41) is 3.89. The highest BCUT2D eigenvalue weighted by atomic mass is 19.1. The number of hydrogen-bond donors (Lipinski definition) is 0. The molecule has 0 radical (unpaired) electrons. The molecule has 2 aromatic carbocycles. The Morgan fingerprint density at radius 3 is 2.58 bits per heavy atom. The summed E-state index contributed by atoms with van der Waals surface area (Å²) in [6, 6.07) is 10.4. The maximum absolute atomic E-state index is 13.2. The fourth-order valence-corrected chi connectivity index (χ4v) is 3.32.